The summed E-state index contributed by atoms with van der Waals surface area (Å²) in [4.78, 5) is 28.1. The molecule has 1 aliphatic rings. The van der Waals surface area contributed by atoms with Crippen LogP contribution in [0.3, 0.4) is 0 Å². The topological polar surface area (TPSA) is 52.6 Å². The smallest absolute Gasteiger partial charge is 0.314 e. The molecule has 0 atom stereocenters. The Labute approximate surface area is 283 Å². The fourth-order valence-electron chi connectivity index (χ4n) is 7.00. The number of carbonyl (C=O) groups excluding carboxylic acids is 2. The lowest BCUT2D eigenvalue weighted by molar-refractivity contribution is 0.0979. The summed E-state index contributed by atoms with van der Waals surface area (Å²) >= 11 is 0. The van der Waals surface area contributed by atoms with E-state index in [-0.39, 0.29) is 11.6 Å². The van der Waals surface area contributed by atoms with Gasteiger partial charge in [0.1, 0.15) is 11.5 Å². The lowest BCUT2D eigenvalue weighted by atomic mass is 9.84. The lowest BCUT2D eigenvalue weighted by Gasteiger charge is -2.33. The van der Waals surface area contributed by atoms with E-state index in [1.54, 1.807) is 24.3 Å². The first-order valence-electron chi connectivity index (χ1n) is 16.5. The standard InChI is InChI=1S/C42H36O4Si2/c1-3-47(33-17-9-5-10-18-33,34-19-11-6-12-20-34)45-31-25-27-37-39(29-31)41(43)38-28-26-32(30-40(38)42(37)44)46-48(4-2,35-21-13-7-14-22-35)36-23-15-8-16-24-36/h5-30H,3-4H2,1-2H3. The van der Waals surface area contributed by atoms with Gasteiger partial charge in [-0.05, 0) is 69.2 Å². The van der Waals surface area contributed by atoms with Gasteiger partial charge < -0.3 is 8.85 Å². The van der Waals surface area contributed by atoms with Crippen molar-refractivity contribution in [3.05, 3.63) is 180 Å². The first kappa shape index (κ1) is 31.3. The van der Waals surface area contributed by atoms with Crippen molar-refractivity contribution in [2.75, 3.05) is 0 Å². The third kappa shape index (κ3) is 5.43. The Balaban J connectivity index is 1.25. The van der Waals surface area contributed by atoms with Gasteiger partial charge in [0.25, 0.3) is 0 Å². The van der Waals surface area contributed by atoms with Gasteiger partial charge in [-0.15, -0.1) is 0 Å². The van der Waals surface area contributed by atoms with Gasteiger partial charge in [0, 0.05) is 22.3 Å². The molecule has 6 aromatic rings. The van der Waals surface area contributed by atoms with Crippen molar-refractivity contribution < 1.29 is 18.4 Å². The molecule has 0 spiro atoms. The third-order valence-corrected chi connectivity index (χ3v) is 17.7. The molecule has 0 N–H and O–H groups in total. The summed E-state index contributed by atoms with van der Waals surface area (Å²) in [5.74, 6) is 0.794. The summed E-state index contributed by atoms with van der Waals surface area (Å²) in [6.45, 7) is 4.31. The van der Waals surface area contributed by atoms with Gasteiger partial charge in [0.05, 0.1) is 0 Å². The van der Waals surface area contributed by atoms with Crippen LogP contribution in [0.2, 0.25) is 12.1 Å². The summed E-state index contributed by atoms with van der Waals surface area (Å²) in [6, 6.07) is 53.6. The van der Waals surface area contributed by atoms with Gasteiger partial charge in [-0.2, -0.15) is 0 Å². The molecule has 0 fully saturated rings. The molecule has 0 amide bonds. The molecule has 6 heteroatoms. The molecule has 48 heavy (non-hydrogen) atoms. The Morgan fingerprint density at radius 3 is 0.958 bits per heavy atom. The maximum Gasteiger partial charge on any atom is 0.314 e. The van der Waals surface area contributed by atoms with Crippen molar-refractivity contribution in [1.82, 2.24) is 0 Å². The van der Waals surface area contributed by atoms with Gasteiger partial charge in [0.2, 0.25) is 0 Å². The highest BCUT2D eigenvalue weighted by atomic mass is 28.4. The molecule has 6 aromatic carbocycles. The molecule has 0 radical (unpaired) electrons. The summed E-state index contributed by atoms with van der Waals surface area (Å²) in [6.07, 6.45) is 0. The average Bonchev–Trinajstić information content (AvgIpc) is 3.16. The molecule has 0 heterocycles. The Hall–Kier alpha value is -5.31. The van der Waals surface area contributed by atoms with E-state index >= 15 is 0 Å². The van der Waals surface area contributed by atoms with Crippen LogP contribution in [0, 0.1) is 0 Å². The third-order valence-electron chi connectivity index (χ3n) is 9.50. The minimum absolute atomic E-state index is 0.190. The predicted molar refractivity (Wildman–Crippen MR) is 198 cm³/mol. The number of hydrogen-bond donors (Lipinski definition) is 0. The molecule has 236 valence electrons. The molecular formula is C42H36O4Si2. The minimum atomic E-state index is -2.72. The van der Waals surface area contributed by atoms with Crippen molar-refractivity contribution in [1.29, 1.82) is 0 Å². The number of benzene rings is 6. The van der Waals surface area contributed by atoms with Crippen LogP contribution in [0.25, 0.3) is 0 Å². The minimum Gasteiger partial charge on any atom is -0.535 e. The molecule has 0 saturated heterocycles. The van der Waals surface area contributed by atoms with Crippen LogP contribution in [0.5, 0.6) is 11.5 Å². The molecule has 7 rings (SSSR count). The van der Waals surface area contributed by atoms with E-state index in [1.807, 2.05) is 84.9 Å². The fraction of sp³-hybridized carbons (Fsp3) is 0.0952. The summed E-state index contributed by atoms with van der Waals surface area (Å²) in [5.41, 5.74) is 1.49. The Bertz CT molecular complexity index is 1850. The van der Waals surface area contributed by atoms with Crippen LogP contribution in [-0.2, 0) is 0 Å². The second-order valence-corrected chi connectivity index (χ2v) is 19.5. The van der Waals surface area contributed by atoms with E-state index in [4.69, 9.17) is 8.85 Å². The number of carbonyl (C=O) groups is 2. The van der Waals surface area contributed by atoms with Crippen molar-refractivity contribution in [3.63, 3.8) is 0 Å². The Morgan fingerprint density at radius 2 is 0.688 bits per heavy atom. The highest BCUT2D eigenvalue weighted by Crippen LogP contribution is 2.34. The molecule has 0 saturated carbocycles. The maximum atomic E-state index is 14.0. The second kappa shape index (κ2) is 13.1. The van der Waals surface area contributed by atoms with Gasteiger partial charge in [-0.1, -0.05) is 135 Å². The first-order valence-corrected chi connectivity index (χ1v) is 20.7. The van der Waals surface area contributed by atoms with E-state index in [0.717, 1.165) is 32.8 Å². The van der Waals surface area contributed by atoms with Crippen molar-refractivity contribution >= 4 is 48.9 Å². The van der Waals surface area contributed by atoms with E-state index in [2.05, 4.69) is 62.4 Å². The average molecular weight is 661 g/mol. The SMILES string of the molecule is CC[Si](Oc1ccc2c(c1)C(=O)c1ccc(O[Si](CC)(c3ccccc3)c3ccccc3)cc1C2=O)(c1ccccc1)c1ccccc1. The molecule has 0 aliphatic heterocycles. The van der Waals surface area contributed by atoms with Crippen LogP contribution < -0.4 is 29.6 Å². The molecule has 4 nitrogen and oxygen atoms in total. The van der Waals surface area contributed by atoms with E-state index in [1.165, 1.54) is 0 Å². The molecule has 0 aromatic heterocycles. The number of rotatable bonds is 10. The number of ketones is 2. The highest BCUT2D eigenvalue weighted by Gasteiger charge is 2.42. The van der Waals surface area contributed by atoms with Gasteiger partial charge in [-0.25, -0.2) is 0 Å². The second-order valence-electron chi connectivity index (χ2n) is 12.1. The maximum absolute atomic E-state index is 14.0. The van der Waals surface area contributed by atoms with Crippen LogP contribution >= 0.6 is 0 Å². The quantitative estimate of drug-likeness (QED) is 0.152. The molecule has 0 unspecified atom stereocenters. The number of hydrogen-bond acceptors (Lipinski definition) is 4. The summed E-state index contributed by atoms with van der Waals surface area (Å²) < 4.78 is 14.0. The van der Waals surface area contributed by atoms with Crippen LogP contribution in [-0.4, -0.2) is 28.2 Å². The highest BCUT2D eigenvalue weighted by molar-refractivity contribution is 6.98. The zero-order valence-electron chi connectivity index (χ0n) is 27.1. The normalized spacial score (nSPS) is 12.6. The van der Waals surface area contributed by atoms with Crippen molar-refractivity contribution in [3.8, 4) is 11.5 Å². The van der Waals surface area contributed by atoms with E-state index in [0.29, 0.717) is 33.8 Å². The monoisotopic (exact) mass is 660 g/mol. The summed E-state index contributed by atoms with van der Waals surface area (Å²) in [7, 11) is -5.44. The largest absolute Gasteiger partial charge is 0.535 e. The van der Waals surface area contributed by atoms with Crippen LogP contribution in [0.1, 0.15) is 45.7 Å². The van der Waals surface area contributed by atoms with Crippen LogP contribution in [0.4, 0.5) is 0 Å². The molecule has 0 bridgehead atoms. The molecular weight excluding hydrogens is 625 g/mol. The lowest BCUT2D eigenvalue weighted by Crippen LogP contribution is -2.62. The van der Waals surface area contributed by atoms with Gasteiger partial charge >= 0.3 is 16.6 Å². The first-order chi connectivity index (χ1) is 23.5. The Kier molecular flexibility index (Phi) is 8.52. The zero-order chi connectivity index (χ0) is 33.1. The summed E-state index contributed by atoms with van der Waals surface area (Å²) in [5, 5.41) is 4.59. The zero-order valence-corrected chi connectivity index (χ0v) is 29.1. The van der Waals surface area contributed by atoms with Gasteiger partial charge in [-0.3, -0.25) is 9.59 Å². The Morgan fingerprint density at radius 1 is 0.396 bits per heavy atom. The molecule has 1 aliphatic carbocycles. The van der Waals surface area contributed by atoms with Gasteiger partial charge in [0.15, 0.2) is 11.6 Å². The van der Waals surface area contributed by atoms with E-state index < -0.39 is 16.6 Å². The van der Waals surface area contributed by atoms with Crippen molar-refractivity contribution in [2.24, 2.45) is 0 Å². The number of fused-ring (bicyclic) bond motifs is 2. The van der Waals surface area contributed by atoms with Crippen molar-refractivity contribution in [2.45, 2.75) is 25.9 Å². The predicted octanol–water partition coefficient (Wildman–Crippen LogP) is 6.78. The van der Waals surface area contributed by atoms with E-state index in [9.17, 15) is 9.59 Å². The fourth-order valence-corrected chi connectivity index (χ4v) is 14.0. The van der Waals surface area contributed by atoms with Crippen LogP contribution in [0.15, 0.2) is 158 Å².